The molecular weight excluding hydrogens is 292 g/mol. The van der Waals surface area contributed by atoms with E-state index in [1.807, 2.05) is 6.07 Å². The van der Waals surface area contributed by atoms with Gasteiger partial charge in [0.05, 0.1) is 31.6 Å². The van der Waals surface area contributed by atoms with Crippen LogP contribution < -0.4 is 16.0 Å². The molecule has 0 saturated heterocycles. The van der Waals surface area contributed by atoms with Gasteiger partial charge in [-0.3, -0.25) is 0 Å². The van der Waals surface area contributed by atoms with E-state index in [4.69, 9.17) is 26.9 Å². The summed E-state index contributed by atoms with van der Waals surface area (Å²) < 4.78 is 10.8. The van der Waals surface area contributed by atoms with Crippen molar-refractivity contribution in [3.63, 3.8) is 0 Å². The van der Waals surface area contributed by atoms with Gasteiger partial charge in [0, 0.05) is 17.0 Å². The van der Waals surface area contributed by atoms with Crippen LogP contribution in [0.5, 0.6) is 5.75 Å². The maximum absolute atomic E-state index is 5.99. The lowest BCUT2D eigenvalue weighted by Gasteiger charge is -2.19. The van der Waals surface area contributed by atoms with Crippen LogP contribution in [0.3, 0.4) is 0 Å². The van der Waals surface area contributed by atoms with Crippen LogP contribution in [-0.4, -0.2) is 23.7 Å². The van der Waals surface area contributed by atoms with E-state index in [0.29, 0.717) is 35.6 Å². The number of nitrogens with zero attached hydrogens (tertiary/aromatic N) is 2. The molecule has 110 valence electrons. The van der Waals surface area contributed by atoms with E-state index < -0.39 is 0 Å². The van der Waals surface area contributed by atoms with Gasteiger partial charge in [0.2, 0.25) is 0 Å². The van der Waals surface area contributed by atoms with Crippen LogP contribution in [-0.2, 0) is 17.8 Å². The van der Waals surface area contributed by atoms with Crippen LogP contribution in [0.25, 0.3) is 11.4 Å². The van der Waals surface area contributed by atoms with Gasteiger partial charge in [-0.1, -0.05) is 11.6 Å². The normalized spacial score (nSPS) is 13.7. The number of benzene rings is 1. The van der Waals surface area contributed by atoms with Crippen LogP contribution >= 0.6 is 11.6 Å². The van der Waals surface area contributed by atoms with E-state index in [0.717, 1.165) is 23.2 Å². The summed E-state index contributed by atoms with van der Waals surface area (Å²) in [7, 11) is 1.59. The Morgan fingerprint density at radius 2 is 2.24 bits per heavy atom. The SMILES string of the molecule is COc1cc(Cl)ccc1-c1nc2c(c(NN)n1)COCC2. The molecule has 0 saturated carbocycles. The predicted octanol–water partition coefficient (Wildman–Crippen LogP) is 2.16. The summed E-state index contributed by atoms with van der Waals surface area (Å²) in [6, 6.07) is 5.35. The Balaban J connectivity index is 2.15. The van der Waals surface area contributed by atoms with Crippen molar-refractivity contribution in [3.8, 4) is 17.1 Å². The van der Waals surface area contributed by atoms with Crippen molar-refractivity contribution in [2.75, 3.05) is 19.1 Å². The van der Waals surface area contributed by atoms with E-state index in [1.165, 1.54) is 0 Å². The number of nitrogens with two attached hydrogens (primary N) is 1. The first-order chi connectivity index (χ1) is 10.2. The topological polar surface area (TPSA) is 82.3 Å². The lowest BCUT2D eigenvalue weighted by Crippen LogP contribution is -2.19. The lowest BCUT2D eigenvalue weighted by atomic mass is 10.1. The first-order valence-electron chi connectivity index (χ1n) is 6.51. The number of nitrogen functional groups attached to an aromatic ring is 1. The number of ether oxygens (including phenoxy) is 2. The van der Waals surface area contributed by atoms with Gasteiger partial charge in [-0.05, 0) is 18.2 Å². The molecule has 1 aliphatic rings. The van der Waals surface area contributed by atoms with E-state index >= 15 is 0 Å². The fraction of sp³-hybridized carbons (Fsp3) is 0.286. The van der Waals surface area contributed by atoms with Crippen LogP contribution in [0, 0.1) is 0 Å². The van der Waals surface area contributed by atoms with Crippen LogP contribution in [0.15, 0.2) is 18.2 Å². The summed E-state index contributed by atoms with van der Waals surface area (Å²) in [5.74, 6) is 7.32. The second-order valence-corrected chi connectivity index (χ2v) is 5.05. The number of fused-ring (bicyclic) bond motifs is 1. The number of nitrogens with one attached hydrogen (secondary N) is 1. The van der Waals surface area contributed by atoms with Crippen molar-refractivity contribution in [1.82, 2.24) is 9.97 Å². The quantitative estimate of drug-likeness (QED) is 0.668. The minimum absolute atomic E-state index is 0.465. The molecule has 2 aromatic rings. The predicted molar refractivity (Wildman–Crippen MR) is 80.2 cm³/mol. The molecule has 3 N–H and O–H groups in total. The van der Waals surface area contributed by atoms with Gasteiger partial charge < -0.3 is 14.9 Å². The maximum atomic E-state index is 5.99. The van der Waals surface area contributed by atoms with E-state index in [-0.39, 0.29) is 0 Å². The third kappa shape index (κ3) is 2.65. The second kappa shape index (κ2) is 5.85. The van der Waals surface area contributed by atoms with Gasteiger partial charge in [0.15, 0.2) is 5.82 Å². The molecule has 0 aliphatic carbocycles. The molecule has 0 atom stereocenters. The average molecular weight is 307 g/mol. The average Bonchev–Trinajstić information content (AvgIpc) is 2.53. The summed E-state index contributed by atoms with van der Waals surface area (Å²) in [6.45, 7) is 1.11. The number of aromatic nitrogens is 2. The molecule has 1 aromatic heterocycles. The third-order valence-corrected chi connectivity index (χ3v) is 3.60. The highest BCUT2D eigenvalue weighted by atomic mass is 35.5. The first-order valence-corrected chi connectivity index (χ1v) is 6.88. The molecule has 3 rings (SSSR count). The Morgan fingerprint density at radius 3 is 3.00 bits per heavy atom. The second-order valence-electron chi connectivity index (χ2n) is 4.61. The Morgan fingerprint density at radius 1 is 1.38 bits per heavy atom. The van der Waals surface area contributed by atoms with Crippen molar-refractivity contribution in [2.24, 2.45) is 5.84 Å². The number of hydrazine groups is 1. The Labute approximate surface area is 127 Å². The molecule has 0 amide bonds. The van der Waals surface area contributed by atoms with Crippen LogP contribution in [0.4, 0.5) is 5.82 Å². The number of halogens is 1. The molecule has 0 fully saturated rings. The van der Waals surface area contributed by atoms with Crippen molar-refractivity contribution in [2.45, 2.75) is 13.0 Å². The molecule has 2 heterocycles. The van der Waals surface area contributed by atoms with Crippen molar-refractivity contribution >= 4 is 17.4 Å². The van der Waals surface area contributed by atoms with Gasteiger partial charge in [-0.15, -0.1) is 0 Å². The number of hydrogen-bond donors (Lipinski definition) is 2. The molecule has 0 spiro atoms. The van der Waals surface area contributed by atoms with E-state index in [9.17, 15) is 0 Å². The summed E-state index contributed by atoms with van der Waals surface area (Å²) in [6.07, 6.45) is 0.732. The van der Waals surface area contributed by atoms with Crippen LogP contribution in [0.2, 0.25) is 5.02 Å². The van der Waals surface area contributed by atoms with E-state index in [1.54, 1.807) is 19.2 Å². The Bertz CT molecular complexity index is 661. The highest BCUT2D eigenvalue weighted by molar-refractivity contribution is 6.30. The van der Waals surface area contributed by atoms with Gasteiger partial charge >= 0.3 is 0 Å². The zero-order valence-electron chi connectivity index (χ0n) is 11.5. The molecule has 21 heavy (non-hydrogen) atoms. The molecule has 1 aromatic carbocycles. The highest BCUT2D eigenvalue weighted by Gasteiger charge is 2.20. The Kier molecular flexibility index (Phi) is 3.92. The van der Waals surface area contributed by atoms with Crippen molar-refractivity contribution in [1.29, 1.82) is 0 Å². The van der Waals surface area contributed by atoms with Gasteiger partial charge in [0.1, 0.15) is 11.6 Å². The van der Waals surface area contributed by atoms with Crippen molar-refractivity contribution in [3.05, 3.63) is 34.5 Å². The zero-order chi connectivity index (χ0) is 14.8. The smallest absolute Gasteiger partial charge is 0.165 e. The molecule has 0 radical (unpaired) electrons. The minimum atomic E-state index is 0.465. The number of rotatable bonds is 3. The summed E-state index contributed by atoms with van der Waals surface area (Å²) in [5, 5.41) is 0.596. The Hall–Kier alpha value is -1.89. The number of hydrogen-bond acceptors (Lipinski definition) is 6. The molecular formula is C14H15ClN4O2. The first kappa shape index (κ1) is 14.1. The summed E-state index contributed by atoms with van der Waals surface area (Å²) in [4.78, 5) is 9.08. The fourth-order valence-corrected chi connectivity index (χ4v) is 2.48. The van der Waals surface area contributed by atoms with Gasteiger partial charge in [-0.2, -0.15) is 0 Å². The van der Waals surface area contributed by atoms with Gasteiger partial charge in [-0.25, -0.2) is 15.8 Å². The molecule has 6 nitrogen and oxygen atoms in total. The third-order valence-electron chi connectivity index (χ3n) is 3.36. The molecule has 1 aliphatic heterocycles. The van der Waals surface area contributed by atoms with Gasteiger partial charge in [0.25, 0.3) is 0 Å². The standard InChI is InChI=1S/C14H15ClN4O2/c1-20-12-6-8(15)2-3-9(12)13-17-11-4-5-21-7-10(11)14(18-13)19-16/h2-3,6H,4-5,7,16H2,1H3,(H,17,18,19). The zero-order valence-corrected chi connectivity index (χ0v) is 12.3. The summed E-state index contributed by atoms with van der Waals surface area (Å²) >= 11 is 5.99. The molecule has 0 unspecified atom stereocenters. The minimum Gasteiger partial charge on any atom is -0.496 e. The fourth-order valence-electron chi connectivity index (χ4n) is 2.32. The maximum Gasteiger partial charge on any atom is 0.165 e. The number of anilines is 1. The number of methoxy groups -OCH3 is 1. The van der Waals surface area contributed by atoms with Crippen molar-refractivity contribution < 1.29 is 9.47 Å². The largest absolute Gasteiger partial charge is 0.496 e. The lowest BCUT2D eigenvalue weighted by molar-refractivity contribution is 0.109. The molecule has 0 bridgehead atoms. The summed E-state index contributed by atoms with van der Waals surface area (Å²) in [5.41, 5.74) is 5.23. The molecule has 7 heteroatoms. The van der Waals surface area contributed by atoms with Crippen LogP contribution in [0.1, 0.15) is 11.3 Å². The monoisotopic (exact) mass is 306 g/mol. The highest BCUT2D eigenvalue weighted by Crippen LogP contribution is 2.32. The van der Waals surface area contributed by atoms with E-state index in [2.05, 4.69) is 15.4 Å².